The number of halogens is 2. The van der Waals surface area contributed by atoms with Gasteiger partial charge in [0.1, 0.15) is 5.82 Å². The fraction of sp³-hybridized carbons (Fsp3) is 0.353. The van der Waals surface area contributed by atoms with Gasteiger partial charge < -0.3 is 10.6 Å². The van der Waals surface area contributed by atoms with E-state index in [2.05, 4.69) is 34.7 Å². The van der Waals surface area contributed by atoms with Gasteiger partial charge in [-0.2, -0.15) is 0 Å². The molecule has 2 aromatic rings. The van der Waals surface area contributed by atoms with E-state index >= 15 is 0 Å². The predicted molar refractivity (Wildman–Crippen MR) is 107 cm³/mol. The summed E-state index contributed by atoms with van der Waals surface area (Å²) < 4.78 is 13.1. The molecule has 126 valence electrons. The molecule has 23 heavy (non-hydrogen) atoms. The van der Waals surface area contributed by atoms with Crippen LogP contribution in [-0.2, 0) is 13.0 Å². The molecule has 0 amide bonds. The fourth-order valence-corrected chi connectivity index (χ4v) is 2.90. The Hall–Kier alpha value is -1.15. The van der Waals surface area contributed by atoms with Crippen LogP contribution in [0.5, 0.6) is 0 Å². The van der Waals surface area contributed by atoms with Gasteiger partial charge in [-0.1, -0.05) is 12.1 Å². The number of hydrogen-bond acceptors (Lipinski definition) is 2. The molecule has 6 heteroatoms. The van der Waals surface area contributed by atoms with Crippen molar-refractivity contribution in [3.63, 3.8) is 0 Å². The summed E-state index contributed by atoms with van der Waals surface area (Å²) in [6.07, 6.45) is 0.764. The maximum absolute atomic E-state index is 13.1. The first kappa shape index (κ1) is 19.9. The topological polar surface area (TPSA) is 36.4 Å². The molecule has 1 heterocycles. The number of hydrogen-bond donors (Lipinski definition) is 2. The Morgan fingerprint density at radius 2 is 2.04 bits per heavy atom. The lowest BCUT2D eigenvalue weighted by molar-refractivity contribution is 0.625. The van der Waals surface area contributed by atoms with Gasteiger partial charge in [-0.05, 0) is 50.1 Å². The van der Waals surface area contributed by atoms with Gasteiger partial charge in [0.2, 0.25) is 0 Å². The van der Waals surface area contributed by atoms with E-state index in [4.69, 9.17) is 0 Å². The van der Waals surface area contributed by atoms with E-state index in [0.717, 1.165) is 31.0 Å². The molecule has 0 unspecified atom stereocenters. The minimum atomic E-state index is -0.189. The molecular weight excluding hydrogens is 424 g/mol. The van der Waals surface area contributed by atoms with E-state index in [9.17, 15) is 4.39 Å². The lowest BCUT2D eigenvalue weighted by Gasteiger charge is -2.11. The molecule has 0 spiro atoms. The van der Waals surface area contributed by atoms with Gasteiger partial charge in [0.15, 0.2) is 5.96 Å². The van der Waals surface area contributed by atoms with E-state index in [1.165, 1.54) is 15.8 Å². The number of aliphatic imine (C=N–C) groups is 1. The summed E-state index contributed by atoms with van der Waals surface area (Å²) in [5.74, 6) is 0.607. The standard InChI is InChI=1S/C17H22FN3S.HI/c1-3-19-17(21-12-16-8-7-13(2)22-16)20-10-9-14-5-4-6-15(18)11-14;/h4-8,11H,3,9-10,12H2,1-2H3,(H2,19,20,21);1H. The Bertz CT molecular complexity index is 628. The van der Waals surface area contributed by atoms with Gasteiger partial charge in [-0.3, -0.25) is 0 Å². The molecule has 1 aromatic carbocycles. The van der Waals surface area contributed by atoms with Crippen molar-refractivity contribution >= 4 is 41.3 Å². The zero-order valence-electron chi connectivity index (χ0n) is 13.4. The van der Waals surface area contributed by atoms with Crippen LogP contribution in [0.2, 0.25) is 0 Å². The molecule has 0 radical (unpaired) electrons. The van der Waals surface area contributed by atoms with Crippen LogP contribution in [0.1, 0.15) is 22.2 Å². The average molecular weight is 447 g/mol. The zero-order chi connectivity index (χ0) is 15.8. The number of nitrogens with one attached hydrogen (secondary N) is 2. The number of nitrogens with zero attached hydrogens (tertiary/aromatic N) is 1. The van der Waals surface area contributed by atoms with E-state index < -0.39 is 0 Å². The molecule has 1 aromatic heterocycles. The SMILES string of the molecule is CCNC(=NCc1ccc(C)s1)NCCc1cccc(F)c1.I. The van der Waals surface area contributed by atoms with Crippen LogP contribution in [0.3, 0.4) is 0 Å². The van der Waals surface area contributed by atoms with Crippen LogP contribution in [0.25, 0.3) is 0 Å². The minimum absolute atomic E-state index is 0. The Balaban J connectivity index is 0.00000264. The second kappa shape index (κ2) is 10.6. The number of rotatable bonds is 6. The average Bonchev–Trinajstić information content (AvgIpc) is 2.90. The lowest BCUT2D eigenvalue weighted by Crippen LogP contribution is -2.38. The summed E-state index contributed by atoms with van der Waals surface area (Å²) in [5, 5.41) is 6.51. The first-order valence-corrected chi connectivity index (χ1v) is 8.31. The van der Waals surface area contributed by atoms with Crippen molar-refractivity contribution in [1.29, 1.82) is 0 Å². The third-order valence-corrected chi connectivity index (χ3v) is 4.11. The van der Waals surface area contributed by atoms with Gasteiger partial charge in [-0.15, -0.1) is 35.3 Å². The number of benzene rings is 1. The Morgan fingerprint density at radius 3 is 2.70 bits per heavy atom. The van der Waals surface area contributed by atoms with Crippen LogP contribution in [0.15, 0.2) is 41.4 Å². The predicted octanol–water partition coefficient (Wildman–Crippen LogP) is 4.11. The van der Waals surface area contributed by atoms with Crippen LogP contribution < -0.4 is 10.6 Å². The van der Waals surface area contributed by atoms with Crippen LogP contribution in [0.4, 0.5) is 4.39 Å². The maximum atomic E-state index is 13.1. The number of guanidine groups is 1. The highest BCUT2D eigenvalue weighted by Crippen LogP contribution is 2.15. The second-order valence-corrected chi connectivity index (χ2v) is 6.39. The van der Waals surface area contributed by atoms with E-state index in [1.54, 1.807) is 23.5 Å². The fourth-order valence-electron chi connectivity index (χ4n) is 2.09. The Kier molecular flexibility index (Phi) is 9.16. The van der Waals surface area contributed by atoms with Crippen LogP contribution in [0, 0.1) is 12.7 Å². The summed E-state index contributed by atoms with van der Waals surface area (Å²) in [5.41, 5.74) is 0.984. The highest BCUT2D eigenvalue weighted by molar-refractivity contribution is 14.0. The first-order valence-electron chi connectivity index (χ1n) is 7.49. The normalized spacial score (nSPS) is 11.0. The molecule has 0 aliphatic carbocycles. The van der Waals surface area contributed by atoms with Crippen molar-refractivity contribution in [2.75, 3.05) is 13.1 Å². The summed E-state index contributed by atoms with van der Waals surface area (Å²) in [6, 6.07) is 10.9. The molecular formula is C17H23FIN3S. The van der Waals surface area contributed by atoms with Crippen molar-refractivity contribution in [1.82, 2.24) is 10.6 Å². The highest BCUT2D eigenvalue weighted by atomic mass is 127. The van der Waals surface area contributed by atoms with E-state index in [-0.39, 0.29) is 29.8 Å². The molecule has 3 nitrogen and oxygen atoms in total. The Labute approximate surface area is 158 Å². The quantitative estimate of drug-likeness (QED) is 0.397. The highest BCUT2D eigenvalue weighted by Gasteiger charge is 2.00. The van der Waals surface area contributed by atoms with Gasteiger partial charge in [0.25, 0.3) is 0 Å². The number of aryl methyl sites for hydroxylation is 1. The number of thiophene rings is 1. The van der Waals surface area contributed by atoms with Crippen LogP contribution in [-0.4, -0.2) is 19.0 Å². The smallest absolute Gasteiger partial charge is 0.191 e. The largest absolute Gasteiger partial charge is 0.357 e. The van der Waals surface area contributed by atoms with Crippen LogP contribution >= 0.6 is 35.3 Å². The molecule has 2 rings (SSSR count). The molecule has 0 saturated heterocycles. The van der Waals surface area contributed by atoms with Gasteiger partial charge in [0.05, 0.1) is 6.54 Å². The summed E-state index contributed by atoms with van der Waals surface area (Å²) in [7, 11) is 0. The molecule has 2 N–H and O–H groups in total. The molecule has 0 aliphatic rings. The van der Waals surface area contributed by atoms with Crippen molar-refractivity contribution in [3.8, 4) is 0 Å². The van der Waals surface area contributed by atoms with Crippen molar-refractivity contribution in [2.45, 2.75) is 26.8 Å². The maximum Gasteiger partial charge on any atom is 0.191 e. The lowest BCUT2D eigenvalue weighted by atomic mass is 10.1. The molecule has 0 fully saturated rings. The van der Waals surface area contributed by atoms with Gasteiger partial charge >= 0.3 is 0 Å². The van der Waals surface area contributed by atoms with Crippen molar-refractivity contribution < 1.29 is 4.39 Å². The third kappa shape index (κ3) is 7.30. The van der Waals surface area contributed by atoms with Crippen molar-refractivity contribution in [3.05, 3.63) is 57.5 Å². The van der Waals surface area contributed by atoms with Gasteiger partial charge in [-0.25, -0.2) is 9.38 Å². The monoisotopic (exact) mass is 447 g/mol. The Morgan fingerprint density at radius 1 is 1.22 bits per heavy atom. The first-order chi connectivity index (χ1) is 10.7. The van der Waals surface area contributed by atoms with Crippen molar-refractivity contribution in [2.24, 2.45) is 4.99 Å². The molecule has 0 bridgehead atoms. The molecule has 0 atom stereocenters. The summed E-state index contributed by atoms with van der Waals surface area (Å²) in [6.45, 7) is 6.35. The summed E-state index contributed by atoms with van der Waals surface area (Å²) in [4.78, 5) is 7.13. The molecule has 0 aliphatic heterocycles. The molecule has 0 saturated carbocycles. The van der Waals surface area contributed by atoms with Gasteiger partial charge in [0, 0.05) is 22.8 Å². The third-order valence-electron chi connectivity index (χ3n) is 3.13. The zero-order valence-corrected chi connectivity index (χ0v) is 16.6. The van der Waals surface area contributed by atoms with E-state index in [1.807, 2.05) is 13.0 Å². The minimum Gasteiger partial charge on any atom is -0.357 e. The van der Waals surface area contributed by atoms with E-state index in [0.29, 0.717) is 6.54 Å². The summed E-state index contributed by atoms with van der Waals surface area (Å²) >= 11 is 1.77. The second-order valence-electron chi connectivity index (χ2n) is 5.01.